The molecule has 38 heavy (non-hydrogen) atoms. The summed E-state index contributed by atoms with van der Waals surface area (Å²) in [5.41, 5.74) is 0.407. The van der Waals surface area contributed by atoms with E-state index in [4.69, 9.17) is 9.47 Å². The summed E-state index contributed by atoms with van der Waals surface area (Å²) < 4.78 is 11.7. The topological polar surface area (TPSA) is 144 Å². The molecule has 192 valence electrons. The van der Waals surface area contributed by atoms with Crippen molar-refractivity contribution in [3.05, 3.63) is 81.1 Å². The number of hydrogen-bond acceptors (Lipinski definition) is 9. The summed E-state index contributed by atoms with van der Waals surface area (Å²) in [4.78, 5) is 66.5. The van der Waals surface area contributed by atoms with Crippen molar-refractivity contribution in [2.24, 2.45) is 5.92 Å². The summed E-state index contributed by atoms with van der Waals surface area (Å²) in [6.45, 7) is 3.08. The van der Waals surface area contributed by atoms with Gasteiger partial charge in [-0.3, -0.25) is 24.0 Å². The second-order valence-corrected chi connectivity index (χ2v) is 9.88. The van der Waals surface area contributed by atoms with E-state index in [1.54, 1.807) is 6.92 Å². The molecule has 4 aliphatic rings. The SMILES string of the molecule is CC1=C2C(=O)c3cccc(O)c3C(=O)C2CC(C(=O)C2CC3=C(C(=O)c4cccc(O)c4C3=O)C(C)O2)O1. The standard InChI is InChI=1S/C29H22O9/c1-11-21-15(27(34)23-13(25(21)32)5-3-7-17(23)30)9-19(37-11)29(36)20-10-16-22(12(2)38-20)26(33)14-6-4-8-18(31)24(14)28(16)35/h3-8,11,16,19-20,30-31H,9-10H2,1-2H3. The number of fused-ring (bicyclic) bond motifs is 3. The molecule has 2 aromatic carbocycles. The van der Waals surface area contributed by atoms with Gasteiger partial charge in [0.1, 0.15) is 23.4 Å². The predicted octanol–water partition coefficient (Wildman–Crippen LogP) is 3.28. The Hall–Kier alpha value is -4.37. The number of allylic oxidation sites excluding steroid dienone is 2. The molecule has 0 bridgehead atoms. The van der Waals surface area contributed by atoms with Gasteiger partial charge in [0.2, 0.25) is 5.78 Å². The van der Waals surface area contributed by atoms with E-state index in [0.717, 1.165) is 0 Å². The second-order valence-electron chi connectivity index (χ2n) is 9.88. The number of ether oxygens (including phenoxy) is 2. The van der Waals surface area contributed by atoms with Gasteiger partial charge in [-0.25, -0.2) is 0 Å². The fourth-order valence-corrected chi connectivity index (χ4v) is 6.02. The number of carbonyl (C=O) groups is 5. The van der Waals surface area contributed by atoms with E-state index in [1.165, 1.54) is 43.3 Å². The fourth-order valence-electron chi connectivity index (χ4n) is 6.02. The van der Waals surface area contributed by atoms with Crippen molar-refractivity contribution in [3.63, 3.8) is 0 Å². The lowest BCUT2D eigenvalue weighted by atomic mass is 9.72. The van der Waals surface area contributed by atoms with Crippen LogP contribution >= 0.6 is 0 Å². The predicted molar refractivity (Wildman–Crippen MR) is 130 cm³/mol. The number of phenols is 2. The lowest BCUT2D eigenvalue weighted by Gasteiger charge is -2.38. The van der Waals surface area contributed by atoms with Crippen LogP contribution in [-0.2, 0) is 14.3 Å². The molecule has 2 aromatic rings. The molecule has 4 atom stereocenters. The van der Waals surface area contributed by atoms with Crippen LogP contribution in [0.4, 0.5) is 0 Å². The molecular formula is C29H22O9. The second kappa shape index (κ2) is 8.32. The monoisotopic (exact) mass is 514 g/mol. The van der Waals surface area contributed by atoms with E-state index in [-0.39, 0.29) is 69.1 Å². The van der Waals surface area contributed by atoms with E-state index < -0.39 is 53.1 Å². The van der Waals surface area contributed by atoms with E-state index in [9.17, 15) is 34.2 Å². The molecule has 0 aromatic heterocycles. The molecule has 6 rings (SSSR count). The zero-order valence-electron chi connectivity index (χ0n) is 20.4. The van der Waals surface area contributed by atoms with Crippen LogP contribution in [0.5, 0.6) is 11.5 Å². The maximum Gasteiger partial charge on any atom is 0.202 e. The number of hydrogen-bond donors (Lipinski definition) is 2. The first-order chi connectivity index (χ1) is 18.1. The Balaban J connectivity index is 1.31. The Morgan fingerprint density at radius 3 is 2.13 bits per heavy atom. The Morgan fingerprint density at radius 1 is 0.842 bits per heavy atom. The van der Waals surface area contributed by atoms with Gasteiger partial charge in [0.05, 0.1) is 23.1 Å². The number of rotatable bonds is 2. The van der Waals surface area contributed by atoms with Crippen molar-refractivity contribution in [3.8, 4) is 11.5 Å². The van der Waals surface area contributed by atoms with Crippen molar-refractivity contribution in [1.29, 1.82) is 0 Å². The molecule has 2 aliphatic heterocycles. The molecule has 0 spiro atoms. The van der Waals surface area contributed by atoms with Gasteiger partial charge in [0.15, 0.2) is 29.2 Å². The van der Waals surface area contributed by atoms with Crippen molar-refractivity contribution in [2.75, 3.05) is 0 Å². The van der Waals surface area contributed by atoms with Gasteiger partial charge < -0.3 is 19.7 Å². The maximum atomic E-state index is 13.6. The highest BCUT2D eigenvalue weighted by Crippen LogP contribution is 2.43. The molecule has 0 amide bonds. The van der Waals surface area contributed by atoms with Crippen LogP contribution in [0.15, 0.2) is 58.9 Å². The van der Waals surface area contributed by atoms with E-state index in [0.29, 0.717) is 0 Å². The first-order valence-electron chi connectivity index (χ1n) is 12.2. The number of benzene rings is 2. The Labute approximate surface area is 216 Å². The van der Waals surface area contributed by atoms with Gasteiger partial charge in [-0.15, -0.1) is 0 Å². The minimum Gasteiger partial charge on any atom is -0.507 e. The number of phenolic OH excluding ortho intramolecular Hbond substituents is 2. The molecule has 9 nitrogen and oxygen atoms in total. The van der Waals surface area contributed by atoms with Crippen molar-refractivity contribution >= 4 is 28.9 Å². The Bertz CT molecular complexity index is 1570. The third-order valence-corrected chi connectivity index (χ3v) is 7.75. The van der Waals surface area contributed by atoms with Crippen molar-refractivity contribution in [2.45, 2.75) is 45.0 Å². The normalized spacial score (nSPS) is 26.4. The third kappa shape index (κ3) is 3.24. The molecule has 2 N–H and O–H groups in total. The molecule has 0 saturated heterocycles. The summed E-state index contributed by atoms with van der Waals surface area (Å²) in [7, 11) is 0. The minimum absolute atomic E-state index is 0.0747. The largest absolute Gasteiger partial charge is 0.507 e. The summed E-state index contributed by atoms with van der Waals surface area (Å²) in [6.07, 6.45) is -3.52. The van der Waals surface area contributed by atoms with Crippen LogP contribution in [0, 0.1) is 5.92 Å². The van der Waals surface area contributed by atoms with E-state index in [1.807, 2.05) is 0 Å². The van der Waals surface area contributed by atoms with Gasteiger partial charge in [0.25, 0.3) is 0 Å². The summed E-state index contributed by atoms with van der Waals surface area (Å²) in [6, 6.07) is 8.53. The number of carbonyl (C=O) groups excluding carboxylic acids is 5. The van der Waals surface area contributed by atoms with Crippen LogP contribution in [-0.4, -0.2) is 57.4 Å². The smallest absolute Gasteiger partial charge is 0.202 e. The van der Waals surface area contributed by atoms with Crippen LogP contribution < -0.4 is 0 Å². The highest BCUT2D eigenvalue weighted by Gasteiger charge is 2.49. The Kier molecular flexibility index (Phi) is 5.26. The lowest BCUT2D eigenvalue weighted by Crippen LogP contribution is -2.47. The van der Waals surface area contributed by atoms with Crippen LogP contribution in [0.1, 0.15) is 68.1 Å². The van der Waals surface area contributed by atoms with Crippen LogP contribution in [0.25, 0.3) is 0 Å². The zero-order chi connectivity index (χ0) is 27.0. The summed E-state index contributed by atoms with van der Waals surface area (Å²) >= 11 is 0. The molecule has 2 heterocycles. The zero-order valence-corrected chi connectivity index (χ0v) is 20.4. The third-order valence-electron chi connectivity index (χ3n) is 7.75. The van der Waals surface area contributed by atoms with Gasteiger partial charge >= 0.3 is 0 Å². The average Bonchev–Trinajstić information content (AvgIpc) is 2.89. The fraction of sp³-hybridized carbons (Fsp3) is 0.276. The van der Waals surface area contributed by atoms with Crippen molar-refractivity contribution in [1.82, 2.24) is 0 Å². The van der Waals surface area contributed by atoms with Gasteiger partial charge in [0, 0.05) is 40.7 Å². The highest BCUT2D eigenvalue weighted by molar-refractivity contribution is 6.28. The first-order valence-corrected chi connectivity index (χ1v) is 12.2. The molecule has 9 heteroatoms. The highest BCUT2D eigenvalue weighted by atomic mass is 16.5. The maximum absolute atomic E-state index is 13.6. The average molecular weight is 514 g/mol. The molecule has 0 fully saturated rings. The summed E-state index contributed by atoms with van der Waals surface area (Å²) in [5.74, 6) is -3.89. The van der Waals surface area contributed by atoms with Gasteiger partial charge in [-0.2, -0.15) is 0 Å². The van der Waals surface area contributed by atoms with E-state index >= 15 is 0 Å². The van der Waals surface area contributed by atoms with Crippen LogP contribution in [0.2, 0.25) is 0 Å². The molecule has 4 unspecified atom stereocenters. The summed E-state index contributed by atoms with van der Waals surface area (Å²) in [5, 5.41) is 20.5. The molecule has 0 radical (unpaired) electrons. The van der Waals surface area contributed by atoms with Crippen molar-refractivity contribution < 1.29 is 43.7 Å². The van der Waals surface area contributed by atoms with Gasteiger partial charge in [-0.05, 0) is 26.0 Å². The molecular weight excluding hydrogens is 492 g/mol. The van der Waals surface area contributed by atoms with Gasteiger partial charge in [-0.1, -0.05) is 24.3 Å². The van der Waals surface area contributed by atoms with E-state index in [2.05, 4.69) is 0 Å². The number of ketones is 5. The number of Topliss-reactive ketones (excluding diaryl/α,β-unsaturated/α-hetero) is 5. The Morgan fingerprint density at radius 2 is 1.45 bits per heavy atom. The lowest BCUT2D eigenvalue weighted by molar-refractivity contribution is -0.144. The molecule has 0 saturated carbocycles. The number of aromatic hydroxyl groups is 2. The minimum atomic E-state index is -1.15. The first kappa shape index (κ1) is 24.0. The quantitative estimate of drug-likeness (QED) is 0.617. The van der Waals surface area contributed by atoms with Crippen LogP contribution in [0.3, 0.4) is 0 Å². The molecule has 2 aliphatic carbocycles.